The van der Waals surface area contributed by atoms with Crippen LogP contribution in [0.1, 0.15) is 12.1 Å². The predicted octanol–water partition coefficient (Wildman–Crippen LogP) is 1.14. The first-order valence-corrected chi connectivity index (χ1v) is 5.18. The molecule has 1 N–H and O–H groups in total. The van der Waals surface area contributed by atoms with Crippen LogP contribution in [0.15, 0.2) is 12.1 Å². The molecule has 0 amide bonds. The number of hydrogen-bond acceptors (Lipinski definition) is 4. The summed E-state index contributed by atoms with van der Waals surface area (Å²) in [5.74, 6) is 1.45. The molecule has 15 heavy (non-hydrogen) atoms. The molecule has 82 valence electrons. The minimum absolute atomic E-state index is 0.275. The molecule has 0 radical (unpaired) electrons. The van der Waals surface area contributed by atoms with E-state index in [0.29, 0.717) is 5.88 Å². The summed E-state index contributed by atoms with van der Waals surface area (Å²) in [4.78, 5) is 4.21. The minimum Gasteiger partial charge on any atom is -0.489 e. The fraction of sp³-hybridized carbons (Fsp3) is 0.545. The van der Waals surface area contributed by atoms with Crippen LogP contribution in [0.2, 0.25) is 0 Å². The molecule has 0 aromatic carbocycles. The molecule has 0 unspecified atom stereocenters. The Hall–Kier alpha value is -1.29. The number of pyridine rings is 1. The summed E-state index contributed by atoms with van der Waals surface area (Å²) in [7, 11) is 1.61. The van der Waals surface area contributed by atoms with Crippen molar-refractivity contribution in [1.82, 2.24) is 10.3 Å². The van der Waals surface area contributed by atoms with Crippen molar-refractivity contribution in [3.05, 3.63) is 17.8 Å². The number of nitrogens with zero attached hydrogens (tertiary/aromatic N) is 1. The molecule has 4 nitrogen and oxygen atoms in total. The fourth-order valence-electron chi connectivity index (χ4n) is 1.70. The van der Waals surface area contributed by atoms with Crippen LogP contribution in [-0.2, 0) is 0 Å². The van der Waals surface area contributed by atoms with Gasteiger partial charge in [0.05, 0.1) is 7.11 Å². The van der Waals surface area contributed by atoms with Gasteiger partial charge in [-0.25, -0.2) is 4.98 Å². The lowest BCUT2D eigenvalue weighted by Crippen LogP contribution is -2.19. The maximum Gasteiger partial charge on any atom is 0.216 e. The molecule has 0 spiro atoms. The van der Waals surface area contributed by atoms with Gasteiger partial charge in [-0.3, -0.25) is 0 Å². The van der Waals surface area contributed by atoms with Gasteiger partial charge in [0.1, 0.15) is 11.9 Å². The molecule has 4 heteroatoms. The van der Waals surface area contributed by atoms with Crippen LogP contribution in [0.4, 0.5) is 0 Å². The van der Waals surface area contributed by atoms with E-state index in [1.165, 1.54) is 0 Å². The summed E-state index contributed by atoms with van der Waals surface area (Å²) >= 11 is 0. The Balaban J connectivity index is 2.09. The van der Waals surface area contributed by atoms with Crippen LogP contribution in [0.25, 0.3) is 0 Å². The first kappa shape index (κ1) is 10.2. The van der Waals surface area contributed by atoms with Crippen molar-refractivity contribution >= 4 is 0 Å². The molecule has 2 rings (SSSR count). The normalized spacial score (nSPS) is 20.3. The Morgan fingerprint density at radius 2 is 2.33 bits per heavy atom. The molecule has 2 heterocycles. The quantitative estimate of drug-likeness (QED) is 0.809. The van der Waals surface area contributed by atoms with E-state index in [-0.39, 0.29) is 6.10 Å². The molecule has 1 fully saturated rings. The highest BCUT2D eigenvalue weighted by Gasteiger charge is 2.16. The summed E-state index contributed by atoms with van der Waals surface area (Å²) < 4.78 is 10.9. The highest BCUT2D eigenvalue weighted by Crippen LogP contribution is 2.21. The smallest absolute Gasteiger partial charge is 0.216 e. The van der Waals surface area contributed by atoms with Gasteiger partial charge in [0.25, 0.3) is 0 Å². The van der Waals surface area contributed by atoms with Crippen LogP contribution >= 0.6 is 0 Å². The second-order valence-electron chi connectivity index (χ2n) is 3.72. The van der Waals surface area contributed by atoms with Crippen molar-refractivity contribution in [3.63, 3.8) is 0 Å². The summed E-state index contributed by atoms with van der Waals surface area (Å²) in [6, 6.07) is 3.76. The highest BCUT2D eigenvalue weighted by molar-refractivity contribution is 5.30. The number of hydrogen-bond donors (Lipinski definition) is 1. The third-order valence-electron chi connectivity index (χ3n) is 2.43. The van der Waals surface area contributed by atoms with Gasteiger partial charge in [-0.2, -0.15) is 0 Å². The van der Waals surface area contributed by atoms with Gasteiger partial charge >= 0.3 is 0 Å². The molecule has 1 atom stereocenters. The van der Waals surface area contributed by atoms with E-state index in [4.69, 9.17) is 9.47 Å². The van der Waals surface area contributed by atoms with E-state index in [1.54, 1.807) is 7.11 Å². The van der Waals surface area contributed by atoms with E-state index in [1.807, 2.05) is 19.1 Å². The maximum absolute atomic E-state index is 5.82. The minimum atomic E-state index is 0.275. The van der Waals surface area contributed by atoms with Crippen molar-refractivity contribution in [2.75, 3.05) is 20.2 Å². The van der Waals surface area contributed by atoms with Gasteiger partial charge in [0.2, 0.25) is 5.88 Å². The molecule has 0 aliphatic carbocycles. The molecule has 1 saturated heterocycles. The summed E-state index contributed by atoms with van der Waals surface area (Å²) in [5.41, 5.74) is 0.912. The summed E-state index contributed by atoms with van der Waals surface area (Å²) in [6.07, 6.45) is 1.33. The molecular formula is C11H16N2O2. The Bertz CT molecular complexity index is 335. The predicted molar refractivity (Wildman–Crippen MR) is 57.4 cm³/mol. The Labute approximate surface area is 89.6 Å². The molecule has 1 aromatic heterocycles. The van der Waals surface area contributed by atoms with Gasteiger partial charge in [0, 0.05) is 24.4 Å². The third-order valence-corrected chi connectivity index (χ3v) is 2.43. The number of rotatable bonds is 3. The lowest BCUT2D eigenvalue weighted by molar-refractivity contribution is 0.221. The maximum atomic E-state index is 5.82. The van der Waals surface area contributed by atoms with Crippen molar-refractivity contribution in [3.8, 4) is 11.6 Å². The Kier molecular flexibility index (Phi) is 3.06. The number of methoxy groups -OCH3 is 1. The van der Waals surface area contributed by atoms with Gasteiger partial charge in [0.15, 0.2) is 0 Å². The number of ether oxygens (including phenoxy) is 2. The lowest BCUT2D eigenvalue weighted by atomic mass is 10.3. The van der Waals surface area contributed by atoms with E-state index >= 15 is 0 Å². The lowest BCUT2D eigenvalue weighted by Gasteiger charge is -2.13. The molecule has 1 aliphatic rings. The van der Waals surface area contributed by atoms with E-state index in [2.05, 4.69) is 10.3 Å². The molecule has 1 aromatic rings. The van der Waals surface area contributed by atoms with Crippen molar-refractivity contribution in [1.29, 1.82) is 0 Å². The van der Waals surface area contributed by atoms with Crippen LogP contribution in [0.5, 0.6) is 11.6 Å². The van der Waals surface area contributed by atoms with E-state index in [9.17, 15) is 0 Å². The second kappa shape index (κ2) is 4.49. The largest absolute Gasteiger partial charge is 0.489 e. The summed E-state index contributed by atoms with van der Waals surface area (Å²) in [6.45, 7) is 3.89. The molecule has 1 aliphatic heterocycles. The van der Waals surface area contributed by atoms with Gasteiger partial charge in [-0.15, -0.1) is 0 Å². The van der Waals surface area contributed by atoms with E-state index in [0.717, 1.165) is 31.0 Å². The third kappa shape index (κ3) is 2.59. The standard InChI is InChI=1S/C11H16N2O2/c1-8-5-10(6-11(13-8)14-2)15-9-3-4-12-7-9/h5-6,9,12H,3-4,7H2,1-2H3/t9-/m1/s1. The van der Waals surface area contributed by atoms with Crippen LogP contribution in [0, 0.1) is 6.92 Å². The zero-order chi connectivity index (χ0) is 10.7. The van der Waals surface area contributed by atoms with E-state index < -0.39 is 0 Å². The first-order chi connectivity index (χ1) is 7.28. The first-order valence-electron chi connectivity index (χ1n) is 5.18. The highest BCUT2D eigenvalue weighted by atomic mass is 16.5. The molecule has 0 saturated carbocycles. The average molecular weight is 208 g/mol. The molecule has 0 bridgehead atoms. The number of nitrogens with one attached hydrogen (secondary N) is 1. The average Bonchev–Trinajstić information content (AvgIpc) is 2.69. The zero-order valence-corrected chi connectivity index (χ0v) is 9.12. The SMILES string of the molecule is COc1cc(O[C@@H]2CCNC2)cc(C)n1. The van der Waals surface area contributed by atoms with Crippen molar-refractivity contribution < 1.29 is 9.47 Å². The van der Waals surface area contributed by atoms with Crippen molar-refractivity contribution in [2.24, 2.45) is 0 Å². The van der Waals surface area contributed by atoms with Crippen LogP contribution in [-0.4, -0.2) is 31.3 Å². The van der Waals surface area contributed by atoms with Gasteiger partial charge < -0.3 is 14.8 Å². The van der Waals surface area contributed by atoms with Crippen LogP contribution < -0.4 is 14.8 Å². The summed E-state index contributed by atoms with van der Waals surface area (Å²) in [5, 5.41) is 3.26. The zero-order valence-electron chi connectivity index (χ0n) is 9.12. The van der Waals surface area contributed by atoms with Crippen molar-refractivity contribution in [2.45, 2.75) is 19.4 Å². The number of aromatic nitrogens is 1. The van der Waals surface area contributed by atoms with Crippen LogP contribution in [0.3, 0.4) is 0 Å². The monoisotopic (exact) mass is 208 g/mol. The number of aryl methyl sites for hydroxylation is 1. The molecular weight excluding hydrogens is 192 g/mol. The Morgan fingerprint density at radius 3 is 3.00 bits per heavy atom. The Morgan fingerprint density at radius 1 is 1.47 bits per heavy atom. The van der Waals surface area contributed by atoms with Gasteiger partial charge in [-0.05, 0) is 19.9 Å². The second-order valence-corrected chi connectivity index (χ2v) is 3.72. The van der Waals surface area contributed by atoms with Gasteiger partial charge in [-0.1, -0.05) is 0 Å². The topological polar surface area (TPSA) is 43.4 Å². The fourth-order valence-corrected chi connectivity index (χ4v) is 1.70.